The number of carbonyl (C=O) groups excluding carboxylic acids is 1. The largest absolute Gasteiger partial charge is 0.300 e. The van der Waals surface area contributed by atoms with Crippen LogP contribution in [0.2, 0.25) is 0 Å². The molecule has 2 heteroatoms. The Morgan fingerprint density at radius 1 is 0.893 bits per heavy atom. The third-order valence-corrected chi connectivity index (χ3v) is 9.36. The Morgan fingerprint density at radius 2 is 1.57 bits per heavy atom. The summed E-state index contributed by atoms with van der Waals surface area (Å²) in [5, 5.41) is 0. The summed E-state index contributed by atoms with van der Waals surface area (Å²) in [6, 6.07) is 0. The molecule has 0 radical (unpaired) electrons. The van der Waals surface area contributed by atoms with E-state index < -0.39 is 0 Å². The topological polar surface area (TPSA) is 17.1 Å². The van der Waals surface area contributed by atoms with Crippen LogP contribution < -0.4 is 0 Å². The third-order valence-electron chi connectivity index (χ3n) is 9.36. The van der Waals surface area contributed by atoms with E-state index >= 15 is 0 Å². The SMILES string of the molecule is CC.CC.C[C@]12CCC3[C@@H](CC[C@@H]4CC(=O)CC[C@]34C)C1CCC2CCCF. The average molecular weight is 395 g/mol. The van der Waals surface area contributed by atoms with Crippen LogP contribution in [0.15, 0.2) is 0 Å². The molecule has 0 bridgehead atoms. The van der Waals surface area contributed by atoms with Gasteiger partial charge < -0.3 is 0 Å². The highest BCUT2D eigenvalue weighted by Gasteiger charge is 2.59. The zero-order valence-corrected chi connectivity index (χ0v) is 19.7. The molecule has 0 aromatic rings. The number of halogens is 1. The maximum Gasteiger partial charge on any atom is 0.133 e. The van der Waals surface area contributed by atoms with Gasteiger partial charge in [0.05, 0.1) is 6.67 Å². The zero-order valence-electron chi connectivity index (χ0n) is 19.7. The first-order chi connectivity index (χ1) is 13.5. The van der Waals surface area contributed by atoms with Gasteiger partial charge in [0.25, 0.3) is 0 Å². The van der Waals surface area contributed by atoms with E-state index in [-0.39, 0.29) is 6.67 Å². The molecule has 0 amide bonds. The Balaban J connectivity index is 0.000000660. The van der Waals surface area contributed by atoms with Gasteiger partial charge in [0.1, 0.15) is 5.78 Å². The van der Waals surface area contributed by atoms with Gasteiger partial charge in [-0.3, -0.25) is 9.18 Å². The van der Waals surface area contributed by atoms with Crippen molar-refractivity contribution in [3.63, 3.8) is 0 Å². The number of fused-ring (bicyclic) bond motifs is 5. The van der Waals surface area contributed by atoms with E-state index in [2.05, 4.69) is 13.8 Å². The van der Waals surface area contributed by atoms with Gasteiger partial charge >= 0.3 is 0 Å². The van der Waals surface area contributed by atoms with Crippen molar-refractivity contribution in [2.24, 2.45) is 40.4 Å². The second-order valence-corrected chi connectivity index (χ2v) is 10.0. The molecule has 4 aliphatic carbocycles. The van der Waals surface area contributed by atoms with Crippen LogP contribution in [0.4, 0.5) is 4.39 Å². The monoisotopic (exact) mass is 394 g/mol. The van der Waals surface area contributed by atoms with Gasteiger partial charge in [-0.05, 0) is 98.2 Å². The molecule has 164 valence electrons. The molecule has 0 saturated heterocycles. The van der Waals surface area contributed by atoms with Crippen molar-refractivity contribution in [3.05, 3.63) is 0 Å². The Bertz CT molecular complexity index is 503. The molecule has 0 aromatic carbocycles. The first-order valence-corrected chi connectivity index (χ1v) is 12.6. The van der Waals surface area contributed by atoms with Crippen molar-refractivity contribution in [1.29, 1.82) is 0 Å². The first kappa shape index (κ1) is 23.9. The summed E-state index contributed by atoms with van der Waals surface area (Å²) in [7, 11) is 0. The van der Waals surface area contributed by atoms with Crippen LogP contribution in [0.1, 0.15) is 112 Å². The molecule has 0 aromatic heterocycles. The summed E-state index contributed by atoms with van der Waals surface area (Å²) in [5.74, 6) is 4.54. The van der Waals surface area contributed by atoms with Gasteiger partial charge in [0.15, 0.2) is 0 Å². The molecule has 7 atom stereocenters. The molecule has 1 nitrogen and oxygen atoms in total. The molecule has 4 saturated carbocycles. The second-order valence-electron chi connectivity index (χ2n) is 10.0. The Kier molecular flexibility index (Phi) is 8.59. The summed E-state index contributed by atoms with van der Waals surface area (Å²) < 4.78 is 12.7. The zero-order chi connectivity index (χ0) is 20.9. The van der Waals surface area contributed by atoms with Crippen molar-refractivity contribution < 1.29 is 9.18 Å². The molecule has 0 spiro atoms. The normalized spacial score (nSPS) is 44.1. The van der Waals surface area contributed by atoms with Crippen molar-refractivity contribution in [2.75, 3.05) is 6.67 Å². The average Bonchev–Trinajstić information content (AvgIpc) is 3.06. The molecule has 0 aliphatic heterocycles. The lowest BCUT2D eigenvalue weighted by molar-refractivity contribution is -0.139. The predicted molar refractivity (Wildman–Crippen MR) is 118 cm³/mol. The predicted octanol–water partition coefficient (Wildman–Crippen LogP) is 8.02. The fraction of sp³-hybridized carbons (Fsp3) is 0.962. The van der Waals surface area contributed by atoms with Gasteiger partial charge in [-0.2, -0.15) is 0 Å². The number of alkyl halides is 1. The highest BCUT2D eigenvalue weighted by Crippen LogP contribution is 2.67. The Labute approximate surface area is 174 Å². The quantitative estimate of drug-likeness (QED) is 0.473. The summed E-state index contributed by atoms with van der Waals surface area (Å²) in [4.78, 5) is 12.0. The van der Waals surface area contributed by atoms with E-state index in [1.165, 1.54) is 38.5 Å². The van der Waals surface area contributed by atoms with Crippen LogP contribution in [0.3, 0.4) is 0 Å². The van der Waals surface area contributed by atoms with E-state index in [9.17, 15) is 9.18 Å². The minimum atomic E-state index is -0.142. The molecule has 4 aliphatic rings. The van der Waals surface area contributed by atoms with Gasteiger partial charge in [-0.1, -0.05) is 41.5 Å². The molecular formula is C26H47FO. The van der Waals surface area contributed by atoms with Gasteiger partial charge in [0.2, 0.25) is 0 Å². The summed E-state index contributed by atoms with van der Waals surface area (Å²) in [6.45, 7) is 12.9. The fourth-order valence-electron chi connectivity index (χ4n) is 7.95. The second kappa shape index (κ2) is 10.1. The minimum absolute atomic E-state index is 0.142. The van der Waals surface area contributed by atoms with Crippen LogP contribution in [-0.2, 0) is 4.79 Å². The number of rotatable bonds is 3. The lowest BCUT2D eigenvalue weighted by Crippen LogP contribution is -2.53. The van der Waals surface area contributed by atoms with Crippen LogP contribution in [-0.4, -0.2) is 12.5 Å². The number of Topliss-reactive ketones (excluding diaryl/α,β-unsaturated/α-hetero) is 1. The van der Waals surface area contributed by atoms with Gasteiger partial charge in [-0.25, -0.2) is 0 Å². The number of hydrogen-bond donors (Lipinski definition) is 0. The number of ketones is 1. The van der Waals surface area contributed by atoms with Crippen LogP contribution in [0, 0.1) is 40.4 Å². The Morgan fingerprint density at radius 3 is 2.25 bits per heavy atom. The lowest BCUT2D eigenvalue weighted by atomic mass is 9.44. The maximum atomic E-state index is 12.7. The smallest absolute Gasteiger partial charge is 0.133 e. The minimum Gasteiger partial charge on any atom is -0.300 e. The standard InChI is InChI=1S/C22H35FO.2C2H6/c1-21-12-10-20-18(19(21)8-6-15(21)4-3-13-23)7-5-16-14-17(24)9-11-22(16,20)2;2*1-2/h15-16,18-20H,3-14H2,1-2H3;2*1-2H3/t15?,16-,18+,19?,20?,21-,22+;;/m1../s1. The van der Waals surface area contributed by atoms with Crippen LogP contribution >= 0.6 is 0 Å². The van der Waals surface area contributed by atoms with E-state index in [4.69, 9.17) is 0 Å². The first-order valence-electron chi connectivity index (χ1n) is 12.6. The summed E-state index contributed by atoms with van der Waals surface area (Å²) in [6.07, 6.45) is 12.8. The van der Waals surface area contributed by atoms with Gasteiger partial charge in [-0.15, -0.1) is 0 Å². The van der Waals surface area contributed by atoms with Crippen molar-refractivity contribution in [1.82, 2.24) is 0 Å². The fourth-order valence-corrected chi connectivity index (χ4v) is 7.95. The van der Waals surface area contributed by atoms with Crippen molar-refractivity contribution in [2.45, 2.75) is 112 Å². The van der Waals surface area contributed by atoms with Crippen molar-refractivity contribution >= 4 is 5.78 Å². The summed E-state index contributed by atoms with van der Waals surface area (Å²) in [5.41, 5.74) is 0.902. The molecule has 4 rings (SSSR count). The molecule has 28 heavy (non-hydrogen) atoms. The van der Waals surface area contributed by atoms with Gasteiger partial charge in [0, 0.05) is 12.8 Å². The highest BCUT2D eigenvalue weighted by atomic mass is 19.1. The summed E-state index contributed by atoms with van der Waals surface area (Å²) >= 11 is 0. The molecule has 0 N–H and O–H groups in total. The third kappa shape index (κ3) is 4.08. The molecule has 3 unspecified atom stereocenters. The number of carbonyl (C=O) groups is 1. The molecule has 0 heterocycles. The molecular weight excluding hydrogens is 347 g/mol. The number of hydrogen-bond acceptors (Lipinski definition) is 1. The highest BCUT2D eigenvalue weighted by molar-refractivity contribution is 5.79. The molecule has 4 fully saturated rings. The van der Waals surface area contributed by atoms with Crippen molar-refractivity contribution in [3.8, 4) is 0 Å². The van der Waals surface area contributed by atoms with E-state index in [0.29, 0.717) is 22.5 Å². The maximum absolute atomic E-state index is 12.7. The van der Waals surface area contributed by atoms with E-state index in [0.717, 1.165) is 55.8 Å². The van der Waals surface area contributed by atoms with E-state index in [1.807, 2.05) is 27.7 Å². The lowest BCUT2D eigenvalue weighted by Gasteiger charge is -2.60. The Hall–Kier alpha value is -0.400. The van der Waals surface area contributed by atoms with Crippen LogP contribution in [0.25, 0.3) is 0 Å². The van der Waals surface area contributed by atoms with E-state index in [1.54, 1.807) is 0 Å². The van der Waals surface area contributed by atoms with Crippen LogP contribution in [0.5, 0.6) is 0 Å².